The summed E-state index contributed by atoms with van der Waals surface area (Å²) in [5, 5.41) is 0. The Hall–Kier alpha value is -1.29. The Kier molecular flexibility index (Phi) is 3.29. The summed E-state index contributed by atoms with van der Waals surface area (Å²) in [5.74, 6) is 2.28. The van der Waals surface area contributed by atoms with E-state index in [4.69, 9.17) is 10.5 Å². The predicted octanol–water partition coefficient (Wildman–Crippen LogP) is 1.26. The average molecular weight is 221 g/mol. The molecule has 2 atom stereocenters. The number of nitrogens with zero attached hydrogens (tertiary/aromatic N) is 2. The van der Waals surface area contributed by atoms with Gasteiger partial charge in [0.1, 0.15) is 0 Å². The third kappa shape index (κ3) is 2.11. The zero-order valence-corrected chi connectivity index (χ0v) is 9.89. The second-order valence-corrected chi connectivity index (χ2v) is 4.30. The zero-order chi connectivity index (χ0) is 11.5. The molecule has 2 N–H and O–H groups in total. The molecule has 4 heteroatoms. The molecule has 1 aromatic rings. The lowest BCUT2D eigenvalue weighted by Crippen LogP contribution is -2.28. The van der Waals surface area contributed by atoms with Crippen molar-refractivity contribution in [2.75, 3.05) is 24.6 Å². The van der Waals surface area contributed by atoms with Gasteiger partial charge >= 0.3 is 0 Å². The summed E-state index contributed by atoms with van der Waals surface area (Å²) in [6.45, 7) is 6.63. The van der Waals surface area contributed by atoms with Crippen LogP contribution in [-0.2, 0) is 0 Å². The highest BCUT2D eigenvalue weighted by molar-refractivity contribution is 5.53. The fraction of sp³-hybridized carbons (Fsp3) is 0.583. The normalized spacial score (nSPS) is 24.8. The quantitative estimate of drug-likeness (QED) is 0.835. The zero-order valence-electron chi connectivity index (χ0n) is 9.89. The first kappa shape index (κ1) is 11.2. The number of hydrogen-bond donors (Lipinski definition) is 1. The SMILES string of the molecule is CCOc1cccnc1N1CC(C)C(N)C1. The molecular weight excluding hydrogens is 202 g/mol. The van der Waals surface area contributed by atoms with Crippen molar-refractivity contribution in [3.05, 3.63) is 18.3 Å². The molecule has 88 valence electrons. The van der Waals surface area contributed by atoms with E-state index < -0.39 is 0 Å². The second-order valence-electron chi connectivity index (χ2n) is 4.30. The summed E-state index contributed by atoms with van der Waals surface area (Å²) < 4.78 is 5.57. The van der Waals surface area contributed by atoms with Gasteiger partial charge in [-0.2, -0.15) is 0 Å². The number of hydrogen-bond acceptors (Lipinski definition) is 4. The van der Waals surface area contributed by atoms with Gasteiger partial charge in [0.2, 0.25) is 0 Å². The minimum absolute atomic E-state index is 0.233. The Labute approximate surface area is 96.4 Å². The summed E-state index contributed by atoms with van der Waals surface area (Å²) in [7, 11) is 0. The molecule has 1 fully saturated rings. The van der Waals surface area contributed by atoms with E-state index in [1.165, 1.54) is 0 Å². The van der Waals surface area contributed by atoms with E-state index in [0.29, 0.717) is 12.5 Å². The number of aromatic nitrogens is 1. The molecule has 2 rings (SSSR count). The molecular formula is C12H19N3O. The first-order valence-electron chi connectivity index (χ1n) is 5.80. The summed E-state index contributed by atoms with van der Waals surface area (Å²) in [6, 6.07) is 4.09. The summed E-state index contributed by atoms with van der Waals surface area (Å²) >= 11 is 0. The summed E-state index contributed by atoms with van der Waals surface area (Å²) in [6.07, 6.45) is 1.80. The minimum Gasteiger partial charge on any atom is -0.490 e. The van der Waals surface area contributed by atoms with E-state index in [2.05, 4.69) is 16.8 Å². The van der Waals surface area contributed by atoms with Crippen LogP contribution < -0.4 is 15.4 Å². The molecule has 0 bridgehead atoms. The molecule has 2 unspecified atom stereocenters. The molecule has 0 aliphatic carbocycles. The van der Waals surface area contributed by atoms with Crippen LogP contribution in [0.2, 0.25) is 0 Å². The Morgan fingerprint density at radius 2 is 2.38 bits per heavy atom. The highest BCUT2D eigenvalue weighted by Crippen LogP contribution is 2.29. The lowest BCUT2D eigenvalue weighted by molar-refractivity contribution is 0.339. The van der Waals surface area contributed by atoms with E-state index in [1.807, 2.05) is 19.1 Å². The fourth-order valence-corrected chi connectivity index (χ4v) is 2.05. The van der Waals surface area contributed by atoms with Crippen LogP contribution in [0.4, 0.5) is 5.82 Å². The lowest BCUT2D eigenvalue weighted by atomic mass is 10.1. The van der Waals surface area contributed by atoms with Crippen LogP contribution in [0, 0.1) is 5.92 Å². The highest BCUT2D eigenvalue weighted by Gasteiger charge is 2.28. The maximum atomic E-state index is 6.02. The Morgan fingerprint density at radius 1 is 1.56 bits per heavy atom. The fourth-order valence-electron chi connectivity index (χ4n) is 2.05. The third-order valence-electron chi connectivity index (χ3n) is 3.02. The van der Waals surface area contributed by atoms with Crippen LogP contribution in [0.25, 0.3) is 0 Å². The van der Waals surface area contributed by atoms with Crippen LogP contribution in [0.3, 0.4) is 0 Å². The van der Waals surface area contributed by atoms with Gasteiger partial charge in [-0.05, 0) is 25.0 Å². The van der Waals surface area contributed by atoms with Crippen LogP contribution in [0.15, 0.2) is 18.3 Å². The van der Waals surface area contributed by atoms with Crippen molar-refractivity contribution in [2.45, 2.75) is 19.9 Å². The van der Waals surface area contributed by atoms with Gasteiger partial charge in [-0.25, -0.2) is 4.98 Å². The van der Waals surface area contributed by atoms with Crippen molar-refractivity contribution >= 4 is 5.82 Å². The molecule has 0 radical (unpaired) electrons. The number of rotatable bonds is 3. The highest BCUT2D eigenvalue weighted by atomic mass is 16.5. The van der Waals surface area contributed by atoms with Crippen LogP contribution >= 0.6 is 0 Å². The largest absolute Gasteiger partial charge is 0.490 e. The van der Waals surface area contributed by atoms with Crippen molar-refractivity contribution in [2.24, 2.45) is 11.7 Å². The molecule has 0 amide bonds. The first-order chi connectivity index (χ1) is 7.72. The van der Waals surface area contributed by atoms with Gasteiger partial charge in [0, 0.05) is 25.3 Å². The van der Waals surface area contributed by atoms with E-state index in [0.717, 1.165) is 24.7 Å². The van der Waals surface area contributed by atoms with E-state index in [9.17, 15) is 0 Å². The molecule has 16 heavy (non-hydrogen) atoms. The molecule has 0 saturated carbocycles. The van der Waals surface area contributed by atoms with E-state index in [-0.39, 0.29) is 6.04 Å². The van der Waals surface area contributed by atoms with Crippen LogP contribution in [0.1, 0.15) is 13.8 Å². The van der Waals surface area contributed by atoms with Gasteiger partial charge in [-0.3, -0.25) is 0 Å². The third-order valence-corrected chi connectivity index (χ3v) is 3.02. The van der Waals surface area contributed by atoms with Crippen molar-refractivity contribution in [3.8, 4) is 5.75 Å². The molecule has 1 aliphatic rings. The summed E-state index contributed by atoms with van der Waals surface area (Å²) in [4.78, 5) is 6.60. The monoisotopic (exact) mass is 221 g/mol. The number of nitrogens with two attached hydrogens (primary N) is 1. The smallest absolute Gasteiger partial charge is 0.171 e. The van der Waals surface area contributed by atoms with Crippen molar-refractivity contribution in [1.82, 2.24) is 4.98 Å². The van der Waals surface area contributed by atoms with Crippen molar-refractivity contribution in [3.63, 3.8) is 0 Å². The first-order valence-corrected chi connectivity index (χ1v) is 5.80. The predicted molar refractivity (Wildman–Crippen MR) is 64.8 cm³/mol. The van der Waals surface area contributed by atoms with Crippen molar-refractivity contribution in [1.29, 1.82) is 0 Å². The van der Waals surface area contributed by atoms with Crippen molar-refractivity contribution < 1.29 is 4.74 Å². The molecule has 0 aromatic carbocycles. The Balaban J connectivity index is 2.20. The van der Waals surface area contributed by atoms with Crippen LogP contribution in [-0.4, -0.2) is 30.7 Å². The molecule has 1 aromatic heterocycles. The Morgan fingerprint density at radius 3 is 3.00 bits per heavy atom. The van der Waals surface area contributed by atoms with E-state index >= 15 is 0 Å². The maximum absolute atomic E-state index is 6.02. The van der Waals surface area contributed by atoms with Crippen LogP contribution in [0.5, 0.6) is 5.75 Å². The number of ether oxygens (including phenoxy) is 1. The van der Waals surface area contributed by atoms with Gasteiger partial charge in [0.15, 0.2) is 11.6 Å². The standard InChI is InChI=1S/C12H19N3O/c1-3-16-11-5-4-6-14-12(11)15-7-9(2)10(13)8-15/h4-6,9-10H,3,7-8,13H2,1-2H3. The maximum Gasteiger partial charge on any atom is 0.171 e. The van der Waals surface area contributed by atoms with Gasteiger partial charge < -0.3 is 15.4 Å². The van der Waals surface area contributed by atoms with Gasteiger partial charge in [0.25, 0.3) is 0 Å². The van der Waals surface area contributed by atoms with E-state index in [1.54, 1.807) is 6.20 Å². The molecule has 1 saturated heterocycles. The molecule has 0 spiro atoms. The average Bonchev–Trinajstić information content (AvgIpc) is 2.60. The number of anilines is 1. The summed E-state index contributed by atoms with van der Waals surface area (Å²) in [5.41, 5.74) is 6.02. The molecule has 4 nitrogen and oxygen atoms in total. The van der Waals surface area contributed by atoms with Gasteiger partial charge in [0.05, 0.1) is 6.61 Å². The molecule has 2 heterocycles. The lowest BCUT2D eigenvalue weighted by Gasteiger charge is -2.19. The topological polar surface area (TPSA) is 51.4 Å². The second kappa shape index (κ2) is 4.70. The van der Waals surface area contributed by atoms with Gasteiger partial charge in [-0.15, -0.1) is 0 Å². The minimum atomic E-state index is 0.233. The molecule has 1 aliphatic heterocycles. The van der Waals surface area contributed by atoms with Gasteiger partial charge in [-0.1, -0.05) is 6.92 Å². The number of pyridine rings is 1. The Bertz CT molecular complexity index is 346.